The highest BCUT2D eigenvalue weighted by Gasteiger charge is 2.46. The topological polar surface area (TPSA) is 15.6 Å². The molecule has 2 atom stereocenters. The Bertz CT molecular complexity index is 265. The predicted octanol–water partition coefficient (Wildman–Crippen LogP) is 3.38. The van der Waals surface area contributed by atoms with E-state index in [1.165, 1.54) is 5.71 Å². The lowest BCUT2D eigenvalue weighted by atomic mass is 9.67. The van der Waals surface area contributed by atoms with Crippen LogP contribution in [-0.4, -0.2) is 23.8 Å². The highest BCUT2D eigenvalue weighted by atomic mass is 15.5. The van der Waals surface area contributed by atoms with E-state index in [2.05, 4.69) is 65.6 Å². The minimum Gasteiger partial charge on any atom is -0.296 e. The molecule has 2 heteroatoms. The molecule has 2 unspecified atom stereocenters. The zero-order valence-corrected chi connectivity index (χ0v) is 11.5. The molecular formula is C13H26N2. The van der Waals surface area contributed by atoms with Gasteiger partial charge in [0.25, 0.3) is 0 Å². The second-order valence-electron chi connectivity index (χ2n) is 6.97. The van der Waals surface area contributed by atoms with Gasteiger partial charge < -0.3 is 0 Å². The summed E-state index contributed by atoms with van der Waals surface area (Å²) in [7, 11) is 2.10. The van der Waals surface area contributed by atoms with Crippen molar-refractivity contribution in [1.82, 2.24) is 5.01 Å². The van der Waals surface area contributed by atoms with Crippen LogP contribution < -0.4 is 0 Å². The van der Waals surface area contributed by atoms with Gasteiger partial charge in [0.05, 0.1) is 6.04 Å². The number of rotatable bonds is 0. The molecule has 0 N–H and O–H groups in total. The van der Waals surface area contributed by atoms with Gasteiger partial charge in [-0.2, -0.15) is 5.10 Å². The Hall–Kier alpha value is -0.530. The molecule has 88 valence electrons. The lowest BCUT2D eigenvalue weighted by Crippen LogP contribution is -2.46. The van der Waals surface area contributed by atoms with Gasteiger partial charge in [-0.05, 0) is 17.8 Å². The van der Waals surface area contributed by atoms with E-state index < -0.39 is 0 Å². The molecule has 0 amide bonds. The molecule has 0 aromatic carbocycles. The number of hydrogen-bond donors (Lipinski definition) is 0. The highest BCUT2D eigenvalue weighted by Crippen LogP contribution is 2.43. The number of hydrogen-bond acceptors (Lipinski definition) is 2. The second kappa shape index (κ2) is 3.50. The lowest BCUT2D eigenvalue weighted by Gasteiger charge is -2.41. The van der Waals surface area contributed by atoms with Crippen LogP contribution in [0.1, 0.15) is 48.5 Å². The molecule has 1 rings (SSSR count). The molecule has 0 aromatic rings. The normalized spacial score (nSPS) is 28.3. The third-order valence-electron chi connectivity index (χ3n) is 3.30. The van der Waals surface area contributed by atoms with Crippen molar-refractivity contribution in [3.8, 4) is 0 Å². The van der Waals surface area contributed by atoms with Gasteiger partial charge in [0.2, 0.25) is 0 Å². The Morgan fingerprint density at radius 3 is 1.73 bits per heavy atom. The smallest absolute Gasteiger partial charge is 0.0601 e. The summed E-state index contributed by atoms with van der Waals surface area (Å²) in [5.74, 6) is 0.558. The Kier molecular flexibility index (Phi) is 2.92. The zero-order chi connectivity index (χ0) is 12.0. The van der Waals surface area contributed by atoms with Crippen molar-refractivity contribution in [2.45, 2.75) is 54.5 Å². The van der Waals surface area contributed by atoms with E-state index in [9.17, 15) is 0 Å². The molecule has 15 heavy (non-hydrogen) atoms. The molecule has 0 bridgehead atoms. The fourth-order valence-electron chi connectivity index (χ4n) is 2.98. The fraction of sp³-hybridized carbons (Fsp3) is 0.923. The predicted molar refractivity (Wildman–Crippen MR) is 67.1 cm³/mol. The number of nitrogens with zero attached hydrogens (tertiary/aromatic N) is 2. The van der Waals surface area contributed by atoms with E-state index in [-0.39, 0.29) is 10.8 Å². The minimum atomic E-state index is 0.272. The van der Waals surface area contributed by atoms with Gasteiger partial charge in [0.15, 0.2) is 0 Å². The average Bonchev–Trinajstić information content (AvgIpc) is 2.22. The Labute approximate surface area is 94.7 Å². The third kappa shape index (κ3) is 2.35. The minimum absolute atomic E-state index is 0.272. The summed E-state index contributed by atoms with van der Waals surface area (Å²) in [6, 6.07) is 0.512. The first kappa shape index (κ1) is 12.5. The second-order valence-corrected chi connectivity index (χ2v) is 6.97. The van der Waals surface area contributed by atoms with Gasteiger partial charge in [-0.1, -0.05) is 41.5 Å². The van der Waals surface area contributed by atoms with Crippen LogP contribution >= 0.6 is 0 Å². The van der Waals surface area contributed by atoms with E-state index in [1.54, 1.807) is 0 Å². The van der Waals surface area contributed by atoms with Crippen LogP contribution in [-0.2, 0) is 0 Å². The maximum Gasteiger partial charge on any atom is 0.0601 e. The average molecular weight is 210 g/mol. The first-order valence-corrected chi connectivity index (χ1v) is 5.83. The molecule has 2 nitrogen and oxygen atoms in total. The Morgan fingerprint density at radius 1 is 1.00 bits per heavy atom. The van der Waals surface area contributed by atoms with Crippen LogP contribution in [0.5, 0.6) is 0 Å². The standard InChI is InChI=1S/C13H26N2/c1-9-10(12(2,3)4)11(13(5,6)7)15(8)14-9/h10-11H,1-8H3. The van der Waals surface area contributed by atoms with Gasteiger partial charge in [0.1, 0.15) is 0 Å². The van der Waals surface area contributed by atoms with Crippen molar-refractivity contribution in [2.24, 2.45) is 21.8 Å². The van der Waals surface area contributed by atoms with Crippen molar-refractivity contribution >= 4 is 5.71 Å². The summed E-state index contributed by atoms with van der Waals surface area (Å²) in [5, 5.41) is 6.79. The van der Waals surface area contributed by atoms with Crippen LogP contribution in [0, 0.1) is 16.7 Å². The van der Waals surface area contributed by atoms with Gasteiger partial charge in [-0.25, -0.2) is 0 Å². The van der Waals surface area contributed by atoms with Crippen LogP contribution in [0.25, 0.3) is 0 Å². The van der Waals surface area contributed by atoms with Crippen LogP contribution in [0.15, 0.2) is 5.10 Å². The fourth-order valence-corrected chi connectivity index (χ4v) is 2.98. The molecule has 1 aliphatic rings. The van der Waals surface area contributed by atoms with E-state index in [0.29, 0.717) is 12.0 Å². The first-order chi connectivity index (χ1) is 6.55. The molecule has 0 fully saturated rings. The molecule has 0 spiro atoms. The highest BCUT2D eigenvalue weighted by molar-refractivity contribution is 5.87. The molecule has 0 saturated carbocycles. The van der Waals surface area contributed by atoms with Crippen LogP contribution in [0.2, 0.25) is 0 Å². The van der Waals surface area contributed by atoms with Gasteiger partial charge in [-0.3, -0.25) is 5.01 Å². The third-order valence-corrected chi connectivity index (χ3v) is 3.30. The summed E-state index contributed by atoms with van der Waals surface area (Å²) in [5.41, 5.74) is 1.84. The first-order valence-electron chi connectivity index (χ1n) is 5.83. The van der Waals surface area contributed by atoms with E-state index in [0.717, 1.165) is 0 Å². The molecule has 0 aliphatic carbocycles. The van der Waals surface area contributed by atoms with Crippen molar-refractivity contribution < 1.29 is 0 Å². The molecule has 1 heterocycles. The Balaban J connectivity index is 3.07. The molecule has 0 radical (unpaired) electrons. The summed E-state index contributed by atoms with van der Waals surface area (Å²) in [6.07, 6.45) is 0. The van der Waals surface area contributed by atoms with Gasteiger partial charge >= 0.3 is 0 Å². The van der Waals surface area contributed by atoms with Gasteiger partial charge in [-0.15, -0.1) is 0 Å². The molecular weight excluding hydrogens is 184 g/mol. The Morgan fingerprint density at radius 2 is 1.47 bits per heavy atom. The van der Waals surface area contributed by atoms with Crippen molar-refractivity contribution in [3.63, 3.8) is 0 Å². The van der Waals surface area contributed by atoms with Crippen LogP contribution in [0.4, 0.5) is 0 Å². The number of hydrazone groups is 1. The SMILES string of the molecule is CC1=NN(C)C(C(C)(C)C)C1C(C)(C)C. The van der Waals surface area contributed by atoms with Crippen molar-refractivity contribution in [1.29, 1.82) is 0 Å². The largest absolute Gasteiger partial charge is 0.296 e. The van der Waals surface area contributed by atoms with E-state index in [1.807, 2.05) is 0 Å². The van der Waals surface area contributed by atoms with E-state index >= 15 is 0 Å². The quantitative estimate of drug-likeness (QED) is 0.598. The van der Waals surface area contributed by atoms with Crippen molar-refractivity contribution in [3.05, 3.63) is 0 Å². The van der Waals surface area contributed by atoms with E-state index in [4.69, 9.17) is 0 Å². The van der Waals surface area contributed by atoms with Gasteiger partial charge in [0, 0.05) is 18.7 Å². The van der Waals surface area contributed by atoms with Crippen molar-refractivity contribution in [2.75, 3.05) is 7.05 Å². The maximum atomic E-state index is 4.63. The zero-order valence-electron chi connectivity index (χ0n) is 11.5. The lowest BCUT2D eigenvalue weighted by molar-refractivity contribution is 0.0782. The summed E-state index contributed by atoms with van der Waals surface area (Å²) >= 11 is 0. The summed E-state index contributed by atoms with van der Waals surface area (Å²) < 4.78 is 0. The monoisotopic (exact) mass is 210 g/mol. The summed E-state index contributed by atoms with van der Waals surface area (Å²) in [6.45, 7) is 16.0. The molecule has 0 saturated heterocycles. The maximum absolute atomic E-state index is 4.63. The van der Waals surface area contributed by atoms with Crippen LogP contribution in [0.3, 0.4) is 0 Å². The molecule has 0 aromatic heterocycles. The summed E-state index contributed by atoms with van der Waals surface area (Å²) in [4.78, 5) is 0. The molecule has 1 aliphatic heterocycles.